The minimum absolute atomic E-state index is 0.445. The monoisotopic (exact) mass is 263 g/mol. The number of rotatable bonds is 7. The standard InChI is InChI=1S/C14H21N3O2/c1-17(6-7-19-9-10-2-3-10)13-8-11(14(16)18)4-5-12(13)15/h4-5,8,10H,2-3,6-7,9,15H2,1H3,(H2,16,18). The minimum atomic E-state index is -0.445. The molecule has 1 amide bonds. The van der Waals surface area contributed by atoms with Gasteiger partial charge < -0.3 is 21.1 Å². The number of benzene rings is 1. The second kappa shape index (κ2) is 5.93. The molecule has 0 radical (unpaired) electrons. The molecule has 0 aromatic heterocycles. The van der Waals surface area contributed by atoms with Gasteiger partial charge in [-0.1, -0.05) is 0 Å². The number of anilines is 2. The van der Waals surface area contributed by atoms with Crippen molar-refractivity contribution in [2.75, 3.05) is 37.4 Å². The zero-order valence-corrected chi connectivity index (χ0v) is 11.3. The molecule has 2 rings (SSSR count). The van der Waals surface area contributed by atoms with Gasteiger partial charge in [0.1, 0.15) is 0 Å². The van der Waals surface area contributed by atoms with Crippen LogP contribution in [0.3, 0.4) is 0 Å². The van der Waals surface area contributed by atoms with Gasteiger partial charge in [-0.15, -0.1) is 0 Å². The van der Waals surface area contributed by atoms with Crippen molar-refractivity contribution in [2.45, 2.75) is 12.8 Å². The maximum absolute atomic E-state index is 11.2. The highest BCUT2D eigenvalue weighted by atomic mass is 16.5. The summed E-state index contributed by atoms with van der Waals surface area (Å²) in [5.74, 6) is 0.327. The Hall–Kier alpha value is -1.75. The van der Waals surface area contributed by atoms with Crippen molar-refractivity contribution in [3.05, 3.63) is 23.8 Å². The van der Waals surface area contributed by atoms with Gasteiger partial charge in [0.15, 0.2) is 0 Å². The van der Waals surface area contributed by atoms with Crippen molar-refractivity contribution in [2.24, 2.45) is 11.7 Å². The number of primary amides is 1. The summed E-state index contributed by atoms with van der Waals surface area (Å²) in [6, 6.07) is 5.06. The molecule has 104 valence electrons. The largest absolute Gasteiger partial charge is 0.397 e. The van der Waals surface area contributed by atoms with E-state index in [4.69, 9.17) is 16.2 Å². The highest BCUT2D eigenvalue weighted by Gasteiger charge is 2.21. The fraction of sp³-hybridized carbons (Fsp3) is 0.500. The zero-order valence-electron chi connectivity index (χ0n) is 11.3. The summed E-state index contributed by atoms with van der Waals surface area (Å²) in [7, 11) is 1.93. The Bertz CT molecular complexity index is 458. The Morgan fingerprint density at radius 2 is 2.21 bits per heavy atom. The summed E-state index contributed by atoms with van der Waals surface area (Å²) in [6.45, 7) is 2.25. The van der Waals surface area contributed by atoms with Gasteiger partial charge >= 0.3 is 0 Å². The van der Waals surface area contributed by atoms with Crippen molar-refractivity contribution < 1.29 is 9.53 Å². The molecule has 19 heavy (non-hydrogen) atoms. The fourth-order valence-corrected chi connectivity index (χ4v) is 1.88. The lowest BCUT2D eigenvalue weighted by Gasteiger charge is -2.21. The molecule has 1 aliphatic carbocycles. The smallest absolute Gasteiger partial charge is 0.248 e. The van der Waals surface area contributed by atoms with E-state index in [-0.39, 0.29) is 0 Å². The van der Waals surface area contributed by atoms with Gasteiger partial charge in [-0.05, 0) is 37.0 Å². The first-order valence-electron chi connectivity index (χ1n) is 6.56. The van der Waals surface area contributed by atoms with E-state index in [9.17, 15) is 4.79 Å². The number of carbonyl (C=O) groups is 1. The van der Waals surface area contributed by atoms with E-state index in [1.54, 1.807) is 18.2 Å². The van der Waals surface area contributed by atoms with E-state index in [1.807, 2.05) is 11.9 Å². The van der Waals surface area contributed by atoms with Gasteiger partial charge in [-0.2, -0.15) is 0 Å². The van der Waals surface area contributed by atoms with Crippen molar-refractivity contribution in [1.82, 2.24) is 0 Å². The average molecular weight is 263 g/mol. The Kier molecular flexibility index (Phi) is 4.27. The van der Waals surface area contributed by atoms with Crippen LogP contribution in [-0.2, 0) is 4.74 Å². The normalized spacial score (nSPS) is 14.4. The van der Waals surface area contributed by atoms with Gasteiger partial charge in [0, 0.05) is 25.8 Å². The van der Waals surface area contributed by atoms with Crippen LogP contribution in [0.2, 0.25) is 0 Å². The van der Waals surface area contributed by atoms with E-state index in [2.05, 4.69) is 0 Å². The van der Waals surface area contributed by atoms with Crippen LogP contribution in [0, 0.1) is 5.92 Å². The number of hydrogen-bond acceptors (Lipinski definition) is 4. The third-order valence-electron chi connectivity index (χ3n) is 3.35. The molecule has 4 N–H and O–H groups in total. The Morgan fingerprint density at radius 1 is 1.47 bits per heavy atom. The van der Waals surface area contributed by atoms with Gasteiger partial charge in [0.2, 0.25) is 5.91 Å². The first-order valence-corrected chi connectivity index (χ1v) is 6.56. The van der Waals surface area contributed by atoms with Gasteiger partial charge in [0.05, 0.1) is 18.0 Å². The lowest BCUT2D eigenvalue weighted by Crippen LogP contribution is -2.24. The highest BCUT2D eigenvalue weighted by molar-refractivity contribution is 5.95. The molecule has 5 heteroatoms. The van der Waals surface area contributed by atoms with Crippen molar-refractivity contribution in [3.63, 3.8) is 0 Å². The molecule has 0 spiro atoms. The van der Waals surface area contributed by atoms with Crippen LogP contribution in [0.25, 0.3) is 0 Å². The maximum atomic E-state index is 11.2. The molecule has 1 aromatic carbocycles. The van der Waals surface area contributed by atoms with E-state index in [0.717, 1.165) is 24.8 Å². The number of nitrogens with two attached hydrogens (primary N) is 2. The third kappa shape index (κ3) is 3.86. The Morgan fingerprint density at radius 3 is 2.84 bits per heavy atom. The number of hydrogen-bond donors (Lipinski definition) is 2. The van der Waals surface area contributed by atoms with E-state index >= 15 is 0 Å². The lowest BCUT2D eigenvalue weighted by molar-refractivity contribution is 0.100. The van der Waals surface area contributed by atoms with Crippen molar-refractivity contribution in [3.8, 4) is 0 Å². The van der Waals surface area contributed by atoms with Crippen molar-refractivity contribution in [1.29, 1.82) is 0 Å². The molecule has 0 heterocycles. The summed E-state index contributed by atoms with van der Waals surface area (Å²) in [5.41, 5.74) is 13.1. The van der Waals surface area contributed by atoms with Crippen LogP contribution in [0.1, 0.15) is 23.2 Å². The number of carbonyl (C=O) groups excluding carboxylic acids is 1. The van der Waals surface area contributed by atoms with Crippen LogP contribution in [0.4, 0.5) is 11.4 Å². The summed E-state index contributed by atoms with van der Waals surface area (Å²) in [6.07, 6.45) is 2.59. The number of likely N-dealkylation sites (N-methyl/N-ethyl adjacent to an activating group) is 1. The summed E-state index contributed by atoms with van der Waals surface area (Å²) < 4.78 is 5.59. The molecule has 1 fully saturated rings. The summed E-state index contributed by atoms with van der Waals surface area (Å²) in [4.78, 5) is 13.1. The first kappa shape index (κ1) is 13.7. The lowest BCUT2D eigenvalue weighted by atomic mass is 10.1. The molecule has 0 saturated heterocycles. The molecule has 0 aliphatic heterocycles. The average Bonchev–Trinajstić information content (AvgIpc) is 3.18. The van der Waals surface area contributed by atoms with E-state index in [0.29, 0.717) is 17.9 Å². The fourth-order valence-electron chi connectivity index (χ4n) is 1.88. The van der Waals surface area contributed by atoms with E-state index < -0.39 is 5.91 Å². The predicted octanol–water partition coefficient (Wildman–Crippen LogP) is 1.23. The molecule has 0 atom stereocenters. The number of nitrogen functional groups attached to an aromatic ring is 1. The number of nitrogens with zero attached hydrogens (tertiary/aromatic N) is 1. The first-order chi connectivity index (χ1) is 9.08. The number of amides is 1. The van der Waals surface area contributed by atoms with Gasteiger partial charge in [-0.25, -0.2) is 0 Å². The second-order valence-electron chi connectivity index (χ2n) is 5.08. The Balaban J connectivity index is 1.90. The quantitative estimate of drug-likeness (QED) is 0.572. The molecule has 0 bridgehead atoms. The minimum Gasteiger partial charge on any atom is -0.397 e. The highest BCUT2D eigenvalue weighted by Crippen LogP contribution is 2.28. The van der Waals surface area contributed by atoms with Gasteiger partial charge in [0.25, 0.3) is 0 Å². The predicted molar refractivity (Wildman–Crippen MR) is 76.2 cm³/mol. The molecule has 1 aromatic rings. The summed E-state index contributed by atoms with van der Waals surface area (Å²) in [5, 5.41) is 0. The van der Waals surface area contributed by atoms with Crippen LogP contribution in [-0.4, -0.2) is 32.7 Å². The molecule has 1 aliphatic rings. The summed E-state index contributed by atoms with van der Waals surface area (Å²) >= 11 is 0. The molecule has 5 nitrogen and oxygen atoms in total. The SMILES string of the molecule is CN(CCOCC1CC1)c1cc(C(N)=O)ccc1N. The van der Waals surface area contributed by atoms with Crippen LogP contribution < -0.4 is 16.4 Å². The van der Waals surface area contributed by atoms with Crippen LogP contribution >= 0.6 is 0 Å². The maximum Gasteiger partial charge on any atom is 0.248 e. The Labute approximate surface area is 113 Å². The van der Waals surface area contributed by atoms with Crippen LogP contribution in [0.15, 0.2) is 18.2 Å². The number of ether oxygens (including phenoxy) is 1. The van der Waals surface area contributed by atoms with E-state index in [1.165, 1.54) is 12.8 Å². The van der Waals surface area contributed by atoms with Crippen molar-refractivity contribution >= 4 is 17.3 Å². The molecular weight excluding hydrogens is 242 g/mol. The molecule has 1 saturated carbocycles. The second-order valence-corrected chi connectivity index (χ2v) is 5.08. The van der Waals surface area contributed by atoms with Crippen LogP contribution in [0.5, 0.6) is 0 Å². The molecular formula is C14H21N3O2. The topological polar surface area (TPSA) is 81.6 Å². The zero-order chi connectivity index (χ0) is 13.8. The molecule has 0 unspecified atom stereocenters. The third-order valence-corrected chi connectivity index (χ3v) is 3.35. The van der Waals surface area contributed by atoms with Gasteiger partial charge in [-0.3, -0.25) is 4.79 Å².